The van der Waals surface area contributed by atoms with Crippen LogP contribution in [0.2, 0.25) is 0 Å². The average Bonchev–Trinajstić information content (AvgIpc) is 4.19. The summed E-state index contributed by atoms with van der Waals surface area (Å²) >= 11 is 0. The van der Waals surface area contributed by atoms with Gasteiger partial charge in [0, 0.05) is 44.3 Å². The molecule has 2 aliphatic heterocycles. The summed E-state index contributed by atoms with van der Waals surface area (Å²) in [7, 11) is 5.35. The first-order valence-electron chi connectivity index (χ1n) is 20.1. The largest absolute Gasteiger partial charge is 0.465 e. The van der Waals surface area contributed by atoms with Crippen molar-refractivity contribution in [1.82, 2.24) is 19.9 Å². The van der Waals surface area contributed by atoms with Gasteiger partial charge in [-0.1, -0.05) is 48.5 Å². The van der Waals surface area contributed by atoms with E-state index in [2.05, 4.69) is 9.97 Å². The lowest BCUT2D eigenvalue weighted by Crippen LogP contribution is -2.01. The number of H-pyrrole nitrogens is 2. The summed E-state index contributed by atoms with van der Waals surface area (Å²) in [6.07, 6.45) is 7.64. The molecule has 5 heterocycles. The van der Waals surface area contributed by atoms with Crippen molar-refractivity contribution < 1.29 is 38.1 Å². The average molecular weight is 847 g/mol. The SMILES string of the molecule is COC(=O)c1cccc(-c2c3nc(c(-c4cccc(C(=O)OC)c4)c4ccc([nH]4)c(-c4cccc(C(=O)OC)c4)c4nc(c(-c5cccc(C(=O)OC)c5)c5ccc2[nH]5)C=C4)C=C3)c1. The minimum atomic E-state index is -0.491. The lowest BCUT2D eigenvalue weighted by atomic mass is 10.0. The van der Waals surface area contributed by atoms with Crippen LogP contribution in [0.1, 0.15) is 64.2 Å². The van der Waals surface area contributed by atoms with Gasteiger partial charge in [-0.15, -0.1) is 0 Å². The van der Waals surface area contributed by atoms with Gasteiger partial charge in [0.2, 0.25) is 0 Å². The van der Waals surface area contributed by atoms with Crippen molar-refractivity contribution in [2.75, 3.05) is 28.4 Å². The van der Waals surface area contributed by atoms with Crippen molar-refractivity contribution in [3.05, 3.63) is 166 Å². The van der Waals surface area contributed by atoms with Crippen molar-refractivity contribution in [2.24, 2.45) is 0 Å². The molecule has 64 heavy (non-hydrogen) atoms. The van der Waals surface area contributed by atoms with Gasteiger partial charge in [-0.3, -0.25) is 0 Å². The number of carbonyl (C=O) groups is 4. The van der Waals surface area contributed by atoms with Crippen LogP contribution < -0.4 is 0 Å². The van der Waals surface area contributed by atoms with Crippen molar-refractivity contribution in [1.29, 1.82) is 0 Å². The Morgan fingerprint density at radius 2 is 0.594 bits per heavy atom. The highest BCUT2D eigenvalue weighted by Gasteiger charge is 2.21. The van der Waals surface area contributed by atoms with Crippen LogP contribution in [0.5, 0.6) is 0 Å². The Morgan fingerprint density at radius 1 is 0.359 bits per heavy atom. The van der Waals surface area contributed by atoms with Gasteiger partial charge in [-0.25, -0.2) is 29.1 Å². The third-order valence-corrected chi connectivity index (χ3v) is 11.0. The third kappa shape index (κ3) is 7.53. The van der Waals surface area contributed by atoms with Gasteiger partial charge in [0.1, 0.15) is 0 Å². The number of aromatic nitrogens is 4. The van der Waals surface area contributed by atoms with Gasteiger partial charge in [0.25, 0.3) is 0 Å². The second kappa shape index (κ2) is 17.0. The number of fused-ring (bicyclic) bond motifs is 8. The number of ether oxygens (including phenoxy) is 4. The van der Waals surface area contributed by atoms with Crippen molar-refractivity contribution in [3.8, 4) is 44.5 Å². The Bertz CT molecular complexity index is 2890. The number of rotatable bonds is 8. The lowest BCUT2D eigenvalue weighted by Gasteiger charge is -2.09. The van der Waals surface area contributed by atoms with Crippen molar-refractivity contribution in [3.63, 3.8) is 0 Å². The number of esters is 4. The number of carbonyl (C=O) groups excluding carboxylic acids is 4. The molecule has 4 aromatic carbocycles. The summed E-state index contributed by atoms with van der Waals surface area (Å²) in [5.41, 5.74) is 11.9. The van der Waals surface area contributed by atoms with E-state index in [1.54, 1.807) is 72.8 Å². The molecule has 0 radical (unpaired) electrons. The Balaban J connectivity index is 1.46. The molecule has 2 aliphatic rings. The van der Waals surface area contributed by atoms with Crippen molar-refractivity contribution >= 4 is 70.2 Å². The second-order valence-electron chi connectivity index (χ2n) is 14.8. The highest BCUT2D eigenvalue weighted by molar-refractivity contribution is 6.02. The third-order valence-electron chi connectivity index (χ3n) is 11.0. The summed E-state index contributed by atoms with van der Waals surface area (Å²) in [4.78, 5) is 69.3. The maximum Gasteiger partial charge on any atom is 0.337 e. The first kappa shape index (κ1) is 40.7. The molecule has 314 valence electrons. The van der Waals surface area contributed by atoms with Crippen LogP contribution in [0.15, 0.2) is 121 Å². The van der Waals surface area contributed by atoms with Gasteiger partial charge in [0.05, 0.1) is 73.5 Å². The molecule has 0 saturated carbocycles. The molecule has 0 amide bonds. The molecular formula is C52H38N4O8. The quantitative estimate of drug-likeness (QED) is 0.111. The van der Waals surface area contributed by atoms with E-state index in [4.69, 9.17) is 28.9 Å². The fourth-order valence-corrected chi connectivity index (χ4v) is 8.10. The van der Waals surface area contributed by atoms with Gasteiger partial charge in [-0.2, -0.15) is 0 Å². The molecule has 0 aliphatic carbocycles. The topological polar surface area (TPSA) is 163 Å². The van der Waals surface area contributed by atoms with E-state index in [1.807, 2.05) is 72.8 Å². The first-order valence-corrected chi connectivity index (χ1v) is 20.1. The molecule has 0 unspecified atom stereocenters. The van der Waals surface area contributed by atoms with Gasteiger partial charge in [0.15, 0.2) is 0 Å². The molecule has 8 bridgehead atoms. The van der Waals surface area contributed by atoms with E-state index in [0.717, 1.165) is 0 Å². The number of benzene rings is 4. The van der Waals surface area contributed by atoms with Crippen LogP contribution in [0.3, 0.4) is 0 Å². The number of hydrogen-bond donors (Lipinski definition) is 2. The smallest absolute Gasteiger partial charge is 0.337 e. The van der Waals surface area contributed by atoms with Gasteiger partial charge >= 0.3 is 23.9 Å². The highest BCUT2D eigenvalue weighted by Crippen LogP contribution is 2.39. The zero-order valence-corrected chi connectivity index (χ0v) is 35.0. The molecule has 7 aromatic rings. The van der Waals surface area contributed by atoms with Crippen LogP contribution in [-0.2, 0) is 18.9 Å². The van der Waals surface area contributed by atoms with Gasteiger partial charge < -0.3 is 28.9 Å². The lowest BCUT2D eigenvalue weighted by molar-refractivity contribution is 0.0592. The summed E-state index contributed by atoms with van der Waals surface area (Å²) in [6.45, 7) is 0. The molecule has 12 nitrogen and oxygen atoms in total. The van der Waals surface area contributed by atoms with E-state index >= 15 is 0 Å². The predicted octanol–water partition coefficient (Wildman–Crippen LogP) is 10.5. The molecule has 12 heteroatoms. The summed E-state index contributed by atoms with van der Waals surface area (Å²) < 4.78 is 20.4. The molecular weight excluding hydrogens is 809 g/mol. The van der Waals surface area contributed by atoms with E-state index < -0.39 is 23.9 Å². The Kier molecular flexibility index (Phi) is 10.8. The maximum atomic E-state index is 12.9. The number of methoxy groups -OCH3 is 4. The van der Waals surface area contributed by atoms with Crippen LogP contribution >= 0.6 is 0 Å². The molecule has 0 atom stereocenters. The van der Waals surface area contributed by atoms with Crippen LogP contribution in [-0.4, -0.2) is 72.3 Å². The minimum Gasteiger partial charge on any atom is -0.465 e. The van der Waals surface area contributed by atoms with E-state index in [1.165, 1.54) is 28.4 Å². The van der Waals surface area contributed by atoms with Crippen molar-refractivity contribution in [2.45, 2.75) is 0 Å². The predicted molar refractivity (Wildman–Crippen MR) is 246 cm³/mol. The molecule has 0 saturated heterocycles. The van der Waals surface area contributed by atoms with Crippen LogP contribution in [0.25, 0.3) is 90.9 Å². The second-order valence-corrected chi connectivity index (χ2v) is 14.8. The molecule has 9 rings (SSSR count). The minimum absolute atomic E-state index is 0.355. The number of hydrogen-bond acceptors (Lipinski definition) is 10. The molecule has 0 fully saturated rings. The fourth-order valence-electron chi connectivity index (χ4n) is 8.10. The normalized spacial score (nSPS) is 11.6. The zero-order valence-electron chi connectivity index (χ0n) is 35.0. The summed E-state index contributed by atoms with van der Waals surface area (Å²) in [6, 6.07) is 36.3. The Labute approximate surface area is 366 Å². The monoisotopic (exact) mass is 846 g/mol. The van der Waals surface area contributed by atoms with E-state index in [0.29, 0.717) is 112 Å². The van der Waals surface area contributed by atoms with E-state index in [-0.39, 0.29) is 0 Å². The van der Waals surface area contributed by atoms with Crippen LogP contribution in [0, 0.1) is 0 Å². The first-order chi connectivity index (χ1) is 31.2. The standard InChI is InChI=1S/C52H38N4O8/c1-61-49(57)33-13-5-9-29(25-33)45-37-17-19-39(53-37)46(30-10-6-14-34(26-30)50(58)62-2)41-21-23-43(55-41)48(32-12-8-16-36(28-32)52(60)64-4)44-24-22-42(56-44)47(40-20-18-38(45)54-40)31-11-7-15-35(27-31)51(59)63-3/h5-28,53,56H,1-4H3. The Morgan fingerprint density at radius 3 is 0.812 bits per heavy atom. The zero-order chi connectivity index (χ0) is 44.5. The summed E-state index contributed by atoms with van der Waals surface area (Å²) in [5, 5.41) is 0. The molecule has 3 aromatic heterocycles. The van der Waals surface area contributed by atoms with E-state index in [9.17, 15) is 19.2 Å². The van der Waals surface area contributed by atoms with Gasteiger partial charge in [-0.05, 0) is 119 Å². The molecule has 2 N–H and O–H groups in total. The number of aromatic amines is 2. The molecule has 0 spiro atoms. The number of nitrogens with zero attached hydrogens (tertiary/aromatic N) is 2. The fraction of sp³-hybridized carbons (Fsp3) is 0.0769. The summed E-state index contributed by atoms with van der Waals surface area (Å²) in [5.74, 6) is -1.96. The maximum absolute atomic E-state index is 12.9. The van der Waals surface area contributed by atoms with Crippen LogP contribution in [0.4, 0.5) is 0 Å². The Hall–Kier alpha value is -8.64. The highest BCUT2D eigenvalue weighted by atomic mass is 16.5. The number of nitrogens with one attached hydrogen (secondary N) is 2.